The van der Waals surface area contributed by atoms with E-state index in [9.17, 15) is 9.90 Å². The molecule has 0 spiro atoms. The number of ether oxygens (including phenoxy) is 2. The first-order valence-corrected chi connectivity index (χ1v) is 16.7. The Morgan fingerprint density at radius 3 is 1.34 bits per heavy atom. The molecule has 1 N–H and O–H groups in total. The topological polar surface area (TPSA) is 65.0 Å². The first-order chi connectivity index (χ1) is 21.3. The van der Waals surface area contributed by atoms with Crippen molar-refractivity contribution in [1.82, 2.24) is 0 Å². The fraction of sp³-hybridized carbons (Fsp3) is 0.184. The number of carboxylic acids is 1. The van der Waals surface area contributed by atoms with E-state index in [0.717, 1.165) is 16.7 Å². The fourth-order valence-corrected chi connectivity index (χ4v) is 10.1. The largest absolute Gasteiger partial charge is 0.488 e. The number of carboxylic acid groups (broad SMARTS) is 1. The summed E-state index contributed by atoms with van der Waals surface area (Å²) in [4.78, 5) is 12.6. The molecule has 5 rings (SSSR count). The smallest absolute Gasteiger partial charge is 0.343 e. The van der Waals surface area contributed by atoms with Gasteiger partial charge in [-0.05, 0) is 44.2 Å². The fourth-order valence-electron chi connectivity index (χ4n) is 5.59. The summed E-state index contributed by atoms with van der Waals surface area (Å²) >= 11 is 0. The van der Waals surface area contributed by atoms with Crippen LogP contribution >= 0.6 is 0 Å². The van der Waals surface area contributed by atoms with Crippen LogP contribution in [0.15, 0.2) is 133 Å². The second kappa shape index (κ2) is 13.8. The molecule has 5 nitrogen and oxygen atoms in total. The van der Waals surface area contributed by atoms with Crippen molar-refractivity contribution in [3.8, 4) is 11.5 Å². The minimum Gasteiger partial charge on any atom is -0.488 e. The van der Waals surface area contributed by atoms with E-state index in [2.05, 4.69) is 69.3 Å². The molecule has 0 heterocycles. The molecule has 0 unspecified atom stereocenters. The molecule has 0 amide bonds. The first-order valence-electron chi connectivity index (χ1n) is 14.8. The van der Waals surface area contributed by atoms with E-state index < -0.39 is 14.3 Å². The van der Waals surface area contributed by atoms with Gasteiger partial charge in [0.15, 0.2) is 0 Å². The van der Waals surface area contributed by atoms with Crippen molar-refractivity contribution < 1.29 is 23.8 Å². The van der Waals surface area contributed by atoms with E-state index in [1.807, 2.05) is 72.8 Å². The van der Waals surface area contributed by atoms with Gasteiger partial charge in [-0.3, -0.25) is 0 Å². The highest BCUT2D eigenvalue weighted by Crippen LogP contribution is 2.38. The molecule has 0 aliphatic heterocycles. The standard InChI is InChI=1S/C38H38O5Si/c1-38(2,3)44(32-20-12-6-13-21-32,33-22-14-7-15-23-33)43-28-31-24-34(41-26-29-16-8-4-9-17-29)36(37(39)40)35(25-31)42-27-30-18-10-5-11-19-30/h4-25H,26-28H2,1-3H3,(H,39,40). The minimum absolute atomic E-state index is 0.00828. The van der Waals surface area contributed by atoms with Gasteiger partial charge in [-0.2, -0.15) is 0 Å². The van der Waals surface area contributed by atoms with E-state index >= 15 is 0 Å². The lowest BCUT2D eigenvalue weighted by Crippen LogP contribution is -2.66. The third kappa shape index (κ3) is 6.94. The highest BCUT2D eigenvalue weighted by molar-refractivity contribution is 6.99. The second-order valence-electron chi connectivity index (χ2n) is 11.8. The van der Waals surface area contributed by atoms with E-state index in [1.165, 1.54) is 10.4 Å². The van der Waals surface area contributed by atoms with Crippen molar-refractivity contribution in [2.45, 2.75) is 45.6 Å². The molecule has 5 aromatic carbocycles. The van der Waals surface area contributed by atoms with E-state index in [4.69, 9.17) is 13.9 Å². The van der Waals surface area contributed by atoms with Crippen LogP contribution in [-0.2, 0) is 24.2 Å². The van der Waals surface area contributed by atoms with Crippen molar-refractivity contribution in [2.24, 2.45) is 0 Å². The normalized spacial score (nSPS) is 11.6. The number of hydrogen-bond acceptors (Lipinski definition) is 4. The zero-order valence-electron chi connectivity index (χ0n) is 25.4. The van der Waals surface area contributed by atoms with E-state index in [-0.39, 0.29) is 41.9 Å². The zero-order chi connectivity index (χ0) is 31.0. The molecule has 0 aromatic heterocycles. The van der Waals surface area contributed by atoms with Crippen LogP contribution in [0.5, 0.6) is 11.5 Å². The Hall–Kier alpha value is -4.65. The van der Waals surface area contributed by atoms with Crippen molar-refractivity contribution in [1.29, 1.82) is 0 Å². The Bertz CT molecular complexity index is 1550. The molecule has 0 bridgehead atoms. The van der Waals surface area contributed by atoms with E-state index in [0.29, 0.717) is 0 Å². The molecule has 0 aliphatic carbocycles. The lowest BCUT2D eigenvalue weighted by Gasteiger charge is -2.43. The summed E-state index contributed by atoms with van der Waals surface area (Å²) in [5.41, 5.74) is 2.63. The summed E-state index contributed by atoms with van der Waals surface area (Å²) in [6, 6.07) is 43.8. The zero-order valence-corrected chi connectivity index (χ0v) is 26.4. The maximum absolute atomic E-state index is 12.6. The van der Waals surface area contributed by atoms with Crippen LogP contribution in [0.25, 0.3) is 0 Å². The van der Waals surface area contributed by atoms with Gasteiger partial charge >= 0.3 is 5.97 Å². The van der Waals surface area contributed by atoms with Crippen LogP contribution in [-0.4, -0.2) is 19.4 Å². The number of benzene rings is 5. The molecule has 5 aromatic rings. The molecular formula is C38H38O5Si. The Kier molecular flexibility index (Phi) is 9.63. The van der Waals surface area contributed by atoms with Gasteiger partial charge in [0.25, 0.3) is 8.32 Å². The maximum Gasteiger partial charge on any atom is 0.343 e. The molecule has 0 saturated heterocycles. The average molecular weight is 603 g/mol. The number of rotatable bonds is 12. The quantitative estimate of drug-likeness (QED) is 0.149. The van der Waals surface area contributed by atoms with Crippen LogP contribution < -0.4 is 19.8 Å². The third-order valence-electron chi connectivity index (χ3n) is 7.69. The van der Waals surface area contributed by atoms with Crippen molar-refractivity contribution in [2.75, 3.05) is 0 Å². The molecule has 0 saturated carbocycles. The Morgan fingerprint density at radius 2 is 0.977 bits per heavy atom. The summed E-state index contributed by atoms with van der Waals surface area (Å²) in [5, 5.41) is 12.4. The Balaban J connectivity index is 1.56. The maximum atomic E-state index is 12.6. The summed E-state index contributed by atoms with van der Waals surface area (Å²) in [6.45, 7) is 7.38. The summed E-state index contributed by atoms with van der Waals surface area (Å²) in [6.07, 6.45) is 0. The van der Waals surface area contributed by atoms with Crippen LogP contribution in [0.2, 0.25) is 5.04 Å². The first kappa shape index (κ1) is 30.8. The van der Waals surface area contributed by atoms with Gasteiger partial charge in [0.2, 0.25) is 0 Å². The monoisotopic (exact) mass is 602 g/mol. The lowest BCUT2D eigenvalue weighted by atomic mass is 10.1. The number of carbonyl (C=O) groups is 1. The molecule has 0 radical (unpaired) electrons. The van der Waals surface area contributed by atoms with Crippen molar-refractivity contribution in [3.63, 3.8) is 0 Å². The highest BCUT2D eigenvalue weighted by atomic mass is 28.4. The second-order valence-corrected chi connectivity index (χ2v) is 16.1. The lowest BCUT2D eigenvalue weighted by molar-refractivity contribution is 0.0686. The molecule has 224 valence electrons. The molecule has 6 heteroatoms. The van der Waals surface area contributed by atoms with Crippen LogP contribution in [0.3, 0.4) is 0 Å². The molecule has 0 aliphatic rings. The molecule has 0 atom stereocenters. The summed E-state index contributed by atoms with van der Waals surface area (Å²) in [7, 11) is -2.84. The van der Waals surface area contributed by atoms with Crippen molar-refractivity contribution in [3.05, 3.63) is 156 Å². The van der Waals surface area contributed by atoms with Gasteiger partial charge in [-0.1, -0.05) is 142 Å². The third-order valence-corrected chi connectivity index (χ3v) is 12.7. The highest BCUT2D eigenvalue weighted by Gasteiger charge is 2.50. The summed E-state index contributed by atoms with van der Waals surface area (Å²) < 4.78 is 19.5. The van der Waals surface area contributed by atoms with Gasteiger partial charge in [-0.15, -0.1) is 0 Å². The molecular weight excluding hydrogens is 564 g/mol. The SMILES string of the molecule is CC(C)(C)[Si](OCc1cc(OCc2ccccc2)c(C(=O)O)c(OCc2ccccc2)c1)(c1ccccc1)c1ccccc1. The predicted molar refractivity (Wildman–Crippen MR) is 177 cm³/mol. The van der Waals surface area contributed by atoms with Gasteiger partial charge in [-0.25, -0.2) is 4.79 Å². The van der Waals surface area contributed by atoms with Gasteiger partial charge in [0.05, 0.1) is 6.61 Å². The van der Waals surface area contributed by atoms with Gasteiger partial charge < -0.3 is 19.0 Å². The Morgan fingerprint density at radius 1 is 0.591 bits per heavy atom. The van der Waals surface area contributed by atoms with Crippen molar-refractivity contribution >= 4 is 24.7 Å². The van der Waals surface area contributed by atoms with E-state index in [1.54, 1.807) is 12.1 Å². The van der Waals surface area contributed by atoms with Gasteiger partial charge in [0, 0.05) is 0 Å². The summed E-state index contributed by atoms with van der Waals surface area (Å²) in [5.74, 6) is -0.628. The minimum atomic E-state index is -2.84. The van der Waals surface area contributed by atoms with Gasteiger partial charge in [0.1, 0.15) is 30.3 Å². The number of hydrogen-bond donors (Lipinski definition) is 1. The van der Waals surface area contributed by atoms with Crippen LogP contribution in [0, 0.1) is 0 Å². The molecule has 44 heavy (non-hydrogen) atoms. The Labute approximate surface area is 260 Å². The van der Waals surface area contributed by atoms with Crippen LogP contribution in [0.4, 0.5) is 0 Å². The molecule has 0 fully saturated rings. The number of aromatic carboxylic acids is 1. The van der Waals surface area contributed by atoms with Crippen LogP contribution in [0.1, 0.15) is 47.8 Å². The predicted octanol–water partition coefficient (Wildman–Crippen LogP) is 7.62. The average Bonchev–Trinajstić information content (AvgIpc) is 3.04.